The lowest BCUT2D eigenvalue weighted by Crippen LogP contribution is -1.94. The maximum atomic E-state index is 4.62. The van der Waals surface area contributed by atoms with Gasteiger partial charge in [0.25, 0.3) is 0 Å². The van der Waals surface area contributed by atoms with E-state index >= 15 is 0 Å². The average Bonchev–Trinajstić information content (AvgIpc) is 3.07. The molecule has 0 spiro atoms. The number of nitrogens with zero attached hydrogens (tertiary/aromatic N) is 2. The van der Waals surface area contributed by atoms with Crippen LogP contribution >= 0.6 is 15.9 Å². The summed E-state index contributed by atoms with van der Waals surface area (Å²) in [5.74, 6) is 0.679. The first-order valence-corrected chi connectivity index (χ1v) is 6.34. The topological polar surface area (TPSA) is 17.8 Å². The molecular weight excluding hydrogens is 264 g/mol. The van der Waals surface area contributed by atoms with Crippen LogP contribution in [0.5, 0.6) is 0 Å². The van der Waals surface area contributed by atoms with Crippen molar-refractivity contribution in [1.29, 1.82) is 0 Å². The van der Waals surface area contributed by atoms with E-state index < -0.39 is 0 Å². The van der Waals surface area contributed by atoms with E-state index in [-0.39, 0.29) is 0 Å². The highest BCUT2D eigenvalue weighted by molar-refractivity contribution is 9.10. The molecule has 0 radical (unpaired) electrons. The number of rotatable bonds is 2. The monoisotopic (exact) mass is 276 g/mol. The summed E-state index contributed by atoms with van der Waals surface area (Å²) in [6.45, 7) is 0. The molecule has 3 rings (SSSR count). The summed E-state index contributed by atoms with van der Waals surface area (Å²) in [6.07, 6.45) is 2.56. The van der Waals surface area contributed by atoms with Crippen LogP contribution in [0.2, 0.25) is 0 Å². The lowest BCUT2D eigenvalue weighted by molar-refractivity contribution is 0.750. The molecule has 0 bridgehead atoms. The molecule has 16 heavy (non-hydrogen) atoms. The molecule has 0 unspecified atom stereocenters. The van der Waals surface area contributed by atoms with Crippen LogP contribution in [-0.2, 0) is 7.05 Å². The van der Waals surface area contributed by atoms with Crippen LogP contribution in [0.4, 0.5) is 0 Å². The van der Waals surface area contributed by atoms with Crippen molar-refractivity contribution in [1.82, 2.24) is 9.78 Å². The van der Waals surface area contributed by atoms with Crippen molar-refractivity contribution in [3.8, 4) is 11.3 Å². The Morgan fingerprint density at radius 2 is 1.94 bits per heavy atom. The second kappa shape index (κ2) is 3.74. The van der Waals surface area contributed by atoms with Crippen LogP contribution < -0.4 is 0 Å². The molecule has 1 saturated carbocycles. The summed E-state index contributed by atoms with van der Waals surface area (Å²) < 4.78 is 3.15. The molecule has 0 amide bonds. The Kier molecular flexibility index (Phi) is 2.36. The van der Waals surface area contributed by atoms with Crippen molar-refractivity contribution in [2.75, 3.05) is 0 Å². The largest absolute Gasteiger partial charge is 0.266 e. The molecular formula is C13H13BrN2. The van der Waals surface area contributed by atoms with Gasteiger partial charge in [0, 0.05) is 18.5 Å². The van der Waals surface area contributed by atoms with E-state index in [1.807, 2.05) is 17.8 Å². The van der Waals surface area contributed by atoms with Gasteiger partial charge in [0.05, 0.1) is 15.9 Å². The Bertz CT molecular complexity index is 512. The average molecular weight is 277 g/mol. The van der Waals surface area contributed by atoms with E-state index in [1.165, 1.54) is 34.3 Å². The number of hydrogen-bond acceptors (Lipinski definition) is 1. The smallest absolute Gasteiger partial charge is 0.0824 e. The molecule has 1 aliphatic rings. The highest BCUT2D eigenvalue weighted by Crippen LogP contribution is 2.45. The third-order valence-electron chi connectivity index (χ3n) is 3.03. The zero-order valence-corrected chi connectivity index (χ0v) is 10.7. The molecule has 0 atom stereocenters. The first-order valence-electron chi connectivity index (χ1n) is 5.55. The van der Waals surface area contributed by atoms with Crippen LogP contribution in [0.15, 0.2) is 34.8 Å². The van der Waals surface area contributed by atoms with Gasteiger partial charge in [0.15, 0.2) is 0 Å². The lowest BCUT2D eigenvalue weighted by atomic mass is 10.1. The normalized spacial score (nSPS) is 15.4. The fraction of sp³-hybridized carbons (Fsp3) is 0.308. The van der Waals surface area contributed by atoms with Crippen molar-refractivity contribution >= 4 is 15.9 Å². The van der Waals surface area contributed by atoms with Crippen LogP contribution in [0.3, 0.4) is 0 Å². The summed E-state index contributed by atoms with van der Waals surface area (Å²) in [6, 6.07) is 10.4. The van der Waals surface area contributed by atoms with Gasteiger partial charge >= 0.3 is 0 Å². The highest BCUT2D eigenvalue weighted by atomic mass is 79.9. The van der Waals surface area contributed by atoms with Gasteiger partial charge in [-0.25, -0.2) is 0 Å². The molecule has 0 N–H and O–H groups in total. The molecule has 1 heterocycles. The SMILES string of the molecule is Cn1nc(C2CC2)c(Br)c1-c1ccccc1. The molecule has 1 aromatic heterocycles. The van der Waals surface area contributed by atoms with E-state index in [2.05, 4.69) is 45.3 Å². The van der Waals surface area contributed by atoms with Gasteiger partial charge < -0.3 is 0 Å². The van der Waals surface area contributed by atoms with Crippen molar-refractivity contribution < 1.29 is 0 Å². The van der Waals surface area contributed by atoms with Crippen LogP contribution in [0, 0.1) is 0 Å². The van der Waals surface area contributed by atoms with E-state index in [4.69, 9.17) is 0 Å². The van der Waals surface area contributed by atoms with E-state index in [9.17, 15) is 0 Å². The molecule has 82 valence electrons. The Hall–Kier alpha value is -1.09. The number of halogens is 1. The molecule has 1 fully saturated rings. The number of aromatic nitrogens is 2. The molecule has 2 nitrogen and oxygen atoms in total. The zero-order valence-electron chi connectivity index (χ0n) is 9.15. The fourth-order valence-corrected chi connectivity index (χ4v) is 2.93. The van der Waals surface area contributed by atoms with Gasteiger partial charge in [-0.05, 0) is 28.8 Å². The number of aryl methyl sites for hydroxylation is 1. The predicted octanol–water partition coefficient (Wildman–Crippen LogP) is 3.73. The predicted molar refractivity (Wildman–Crippen MR) is 68.3 cm³/mol. The Balaban J connectivity index is 2.13. The van der Waals surface area contributed by atoms with Crippen LogP contribution in [0.1, 0.15) is 24.5 Å². The van der Waals surface area contributed by atoms with Crippen LogP contribution in [0.25, 0.3) is 11.3 Å². The third kappa shape index (κ3) is 1.59. The molecule has 1 aliphatic carbocycles. The second-order valence-corrected chi connectivity index (χ2v) is 5.10. The minimum Gasteiger partial charge on any atom is -0.266 e. The first-order chi connectivity index (χ1) is 7.77. The maximum Gasteiger partial charge on any atom is 0.0824 e. The lowest BCUT2D eigenvalue weighted by Gasteiger charge is -2.02. The molecule has 0 aliphatic heterocycles. The first kappa shape index (κ1) is 10.1. The minimum atomic E-state index is 0.679. The van der Waals surface area contributed by atoms with Crippen molar-refractivity contribution in [3.63, 3.8) is 0 Å². The standard InChI is InChI=1S/C13H13BrN2/c1-16-13(10-5-3-2-4-6-10)11(14)12(15-16)9-7-8-9/h2-6,9H,7-8H2,1H3. The van der Waals surface area contributed by atoms with E-state index in [1.54, 1.807) is 0 Å². The third-order valence-corrected chi connectivity index (χ3v) is 3.81. The summed E-state index contributed by atoms with van der Waals surface area (Å²) in [7, 11) is 2.01. The van der Waals surface area contributed by atoms with Gasteiger partial charge in [-0.15, -0.1) is 0 Å². The molecule has 3 heteroatoms. The summed E-state index contributed by atoms with van der Waals surface area (Å²) >= 11 is 3.70. The van der Waals surface area contributed by atoms with Gasteiger partial charge in [-0.3, -0.25) is 4.68 Å². The van der Waals surface area contributed by atoms with Crippen molar-refractivity contribution in [2.24, 2.45) is 7.05 Å². The van der Waals surface area contributed by atoms with Gasteiger partial charge in [0.1, 0.15) is 0 Å². The number of hydrogen-bond donors (Lipinski definition) is 0. The summed E-state index contributed by atoms with van der Waals surface area (Å²) in [5.41, 5.74) is 3.63. The van der Waals surface area contributed by atoms with Gasteiger partial charge in [-0.1, -0.05) is 30.3 Å². The fourth-order valence-electron chi connectivity index (χ4n) is 2.05. The van der Waals surface area contributed by atoms with Crippen molar-refractivity contribution in [2.45, 2.75) is 18.8 Å². The van der Waals surface area contributed by atoms with E-state index in [0.717, 1.165) is 0 Å². The van der Waals surface area contributed by atoms with Crippen LogP contribution in [-0.4, -0.2) is 9.78 Å². The van der Waals surface area contributed by atoms with Crippen molar-refractivity contribution in [3.05, 3.63) is 40.5 Å². The highest BCUT2D eigenvalue weighted by Gasteiger charge is 2.30. The molecule has 0 saturated heterocycles. The Morgan fingerprint density at radius 3 is 2.56 bits per heavy atom. The Labute approximate surface area is 103 Å². The number of benzene rings is 1. The summed E-state index contributed by atoms with van der Waals surface area (Å²) in [5, 5.41) is 4.62. The maximum absolute atomic E-state index is 4.62. The van der Waals surface area contributed by atoms with Gasteiger partial charge in [-0.2, -0.15) is 5.10 Å². The zero-order chi connectivity index (χ0) is 11.1. The van der Waals surface area contributed by atoms with E-state index in [0.29, 0.717) is 5.92 Å². The quantitative estimate of drug-likeness (QED) is 0.817. The summed E-state index contributed by atoms with van der Waals surface area (Å²) in [4.78, 5) is 0. The molecule has 2 aromatic rings. The Morgan fingerprint density at radius 1 is 1.25 bits per heavy atom. The molecule has 1 aromatic carbocycles. The van der Waals surface area contributed by atoms with Gasteiger partial charge in [0.2, 0.25) is 0 Å². The minimum absolute atomic E-state index is 0.679. The second-order valence-electron chi connectivity index (χ2n) is 4.31.